The molecule has 1 aliphatic rings. The molecule has 4 nitrogen and oxygen atoms in total. The van der Waals surface area contributed by atoms with Crippen molar-refractivity contribution < 1.29 is 17.9 Å². The summed E-state index contributed by atoms with van der Waals surface area (Å²) in [5.41, 5.74) is 0. The van der Waals surface area contributed by atoms with E-state index < -0.39 is 12.8 Å². The van der Waals surface area contributed by atoms with E-state index >= 15 is 0 Å². The Morgan fingerprint density at radius 1 is 1.32 bits per heavy atom. The Labute approximate surface area is 147 Å². The van der Waals surface area contributed by atoms with Gasteiger partial charge in [-0.2, -0.15) is 13.2 Å². The van der Waals surface area contributed by atoms with Crippen molar-refractivity contribution in [3.8, 4) is 0 Å². The number of ether oxygens (including phenoxy) is 1. The van der Waals surface area contributed by atoms with E-state index in [2.05, 4.69) is 26.9 Å². The highest BCUT2D eigenvalue weighted by molar-refractivity contribution is 14.0. The average Bonchev–Trinajstić information content (AvgIpc) is 2.41. The van der Waals surface area contributed by atoms with Gasteiger partial charge in [-0.25, -0.2) is 0 Å². The van der Waals surface area contributed by atoms with Crippen molar-refractivity contribution in [2.24, 2.45) is 10.9 Å². The molecule has 1 rings (SSSR count). The van der Waals surface area contributed by atoms with Crippen molar-refractivity contribution in [1.82, 2.24) is 10.2 Å². The molecule has 1 fully saturated rings. The molecule has 1 N–H and O–H groups in total. The standard InChI is InChI=1S/C14H26F3N3O.HI/c1-3-18-13(20-8-5-12(2)6-9-20)19-7-4-10-21-11-14(15,16)17;/h12H,3-11H2,1-2H3,(H,18,19);1H. The molecule has 0 aliphatic carbocycles. The van der Waals surface area contributed by atoms with Gasteiger partial charge in [-0.15, -0.1) is 24.0 Å². The number of aliphatic imine (C=N–C) groups is 1. The molecule has 0 unspecified atom stereocenters. The van der Waals surface area contributed by atoms with Crippen LogP contribution in [0.3, 0.4) is 0 Å². The third-order valence-electron chi connectivity index (χ3n) is 3.39. The van der Waals surface area contributed by atoms with E-state index in [0.29, 0.717) is 13.0 Å². The van der Waals surface area contributed by atoms with Crippen molar-refractivity contribution in [3.05, 3.63) is 0 Å². The van der Waals surface area contributed by atoms with E-state index in [1.807, 2.05) is 6.92 Å². The zero-order chi connectivity index (χ0) is 15.7. The number of hydrogen-bond acceptors (Lipinski definition) is 2. The molecule has 1 saturated heterocycles. The molecule has 0 radical (unpaired) electrons. The predicted molar refractivity (Wildman–Crippen MR) is 92.9 cm³/mol. The maximum atomic E-state index is 11.9. The fraction of sp³-hybridized carbons (Fsp3) is 0.929. The number of nitrogens with one attached hydrogen (secondary N) is 1. The normalized spacial score (nSPS) is 17.3. The quantitative estimate of drug-likeness (QED) is 0.300. The molecule has 0 amide bonds. The summed E-state index contributed by atoms with van der Waals surface area (Å²) in [5, 5.41) is 3.24. The molecule has 1 aliphatic heterocycles. The first-order valence-corrected chi connectivity index (χ1v) is 7.60. The molecular formula is C14H27F3IN3O. The van der Waals surface area contributed by atoms with Crippen LogP contribution >= 0.6 is 24.0 Å². The Bertz CT molecular complexity index is 319. The molecule has 0 saturated carbocycles. The van der Waals surface area contributed by atoms with E-state index in [9.17, 15) is 13.2 Å². The molecular weight excluding hydrogens is 410 g/mol. The zero-order valence-corrected chi connectivity index (χ0v) is 15.6. The lowest BCUT2D eigenvalue weighted by Crippen LogP contribution is -2.45. The topological polar surface area (TPSA) is 36.9 Å². The molecule has 0 atom stereocenters. The minimum atomic E-state index is -4.25. The van der Waals surface area contributed by atoms with Crippen LogP contribution < -0.4 is 5.32 Å². The van der Waals surface area contributed by atoms with E-state index in [-0.39, 0.29) is 30.6 Å². The second-order valence-corrected chi connectivity index (χ2v) is 5.43. The van der Waals surface area contributed by atoms with Gasteiger partial charge in [0.15, 0.2) is 5.96 Å². The fourth-order valence-electron chi connectivity index (χ4n) is 2.19. The van der Waals surface area contributed by atoms with Crippen LogP contribution in [-0.2, 0) is 4.74 Å². The maximum Gasteiger partial charge on any atom is 0.411 e. The van der Waals surface area contributed by atoms with Crippen LogP contribution in [0.15, 0.2) is 4.99 Å². The first-order chi connectivity index (χ1) is 9.92. The lowest BCUT2D eigenvalue weighted by atomic mass is 10.00. The van der Waals surface area contributed by atoms with Crippen molar-refractivity contribution in [1.29, 1.82) is 0 Å². The van der Waals surface area contributed by atoms with Gasteiger partial charge in [0.2, 0.25) is 0 Å². The van der Waals surface area contributed by atoms with E-state index in [1.54, 1.807) is 0 Å². The van der Waals surface area contributed by atoms with E-state index in [0.717, 1.165) is 44.4 Å². The third kappa shape index (κ3) is 9.70. The van der Waals surface area contributed by atoms with Crippen molar-refractivity contribution in [3.63, 3.8) is 0 Å². The summed E-state index contributed by atoms with van der Waals surface area (Å²) >= 11 is 0. The lowest BCUT2D eigenvalue weighted by molar-refractivity contribution is -0.173. The summed E-state index contributed by atoms with van der Waals surface area (Å²) in [6.45, 7) is 6.39. The van der Waals surface area contributed by atoms with E-state index in [4.69, 9.17) is 0 Å². The van der Waals surface area contributed by atoms with Gasteiger partial charge >= 0.3 is 6.18 Å². The summed E-state index contributed by atoms with van der Waals surface area (Å²) in [7, 11) is 0. The molecule has 0 bridgehead atoms. The second-order valence-electron chi connectivity index (χ2n) is 5.43. The summed E-state index contributed by atoms with van der Waals surface area (Å²) in [6.07, 6.45) is -1.45. The number of alkyl halides is 3. The number of hydrogen-bond donors (Lipinski definition) is 1. The number of halogens is 4. The highest BCUT2D eigenvalue weighted by atomic mass is 127. The first-order valence-electron chi connectivity index (χ1n) is 7.60. The Morgan fingerprint density at radius 3 is 2.50 bits per heavy atom. The summed E-state index contributed by atoms with van der Waals surface area (Å²) in [5.74, 6) is 1.61. The van der Waals surface area contributed by atoms with Crippen LogP contribution in [0.25, 0.3) is 0 Å². The molecule has 132 valence electrons. The van der Waals surface area contributed by atoms with Gasteiger partial charge in [0, 0.05) is 32.8 Å². The van der Waals surface area contributed by atoms with Gasteiger partial charge < -0.3 is 15.0 Å². The summed E-state index contributed by atoms with van der Waals surface area (Å²) in [4.78, 5) is 6.69. The largest absolute Gasteiger partial charge is 0.411 e. The van der Waals surface area contributed by atoms with Gasteiger partial charge in [-0.05, 0) is 32.1 Å². The first kappa shape index (κ1) is 21.8. The second kappa shape index (κ2) is 11.3. The van der Waals surface area contributed by atoms with E-state index in [1.165, 1.54) is 0 Å². The van der Waals surface area contributed by atoms with Crippen molar-refractivity contribution in [2.45, 2.75) is 39.3 Å². The highest BCUT2D eigenvalue weighted by Gasteiger charge is 2.27. The van der Waals surface area contributed by atoms with Crippen LogP contribution in [-0.4, -0.2) is 56.4 Å². The Morgan fingerprint density at radius 2 is 1.95 bits per heavy atom. The Hall–Kier alpha value is -0.250. The summed E-state index contributed by atoms with van der Waals surface area (Å²) < 4.78 is 40.3. The van der Waals surface area contributed by atoms with Gasteiger partial charge in [-0.1, -0.05) is 6.92 Å². The van der Waals surface area contributed by atoms with Crippen LogP contribution in [0.4, 0.5) is 13.2 Å². The van der Waals surface area contributed by atoms with Crippen LogP contribution in [0, 0.1) is 5.92 Å². The number of piperidine rings is 1. The van der Waals surface area contributed by atoms with Crippen molar-refractivity contribution in [2.75, 3.05) is 39.4 Å². The molecule has 22 heavy (non-hydrogen) atoms. The van der Waals surface area contributed by atoms with Gasteiger partial charge in [0.25, 0.3) is 0 Å². The molecule has 0 spiro atoms. The molecule has 0 aromatic carbocycles. The monoisotopic (exact) mass is 437 g/mol. The predicted octanol–water partition coefficient (Wildman–Crippen LogP) is 3.27. The van der Waals surface area contributed by atoms with Crippen LogP contribution in [0.1, 0.15) is 33.1 Å². The SMILES string of the molecule is CCNC(=NCCCOCC(F)(F)F)N1CCC(C)CC1.I. The highest BCUT2D eigenvalue weighted by Crippen LogP contribution is 2.16. The van der Waals surface area contributed by atoms with Gasteiger partial charge in [-0.3, -0.25) is 4.99 Å². The minimum Gasteiger partial charge on any atom is -0.372 e. The molecule has 8 heteroatoms. The summed E-state index contributed by atoms with van der Waals surface area (Å²) in [6, 6.07) is 0. The third-order valence-corrected chi connectivity index (χ3v) is 3.39. The maximum absolute atomic E-state index is 11.9. The smallest absolute Gasteiger partial charge is 0.372 e. The average molecular weight is 437 g/mol. The minimum absolute atomic E-state index is 0. The zero-order valence-electron chi connectivity index (χ0n) is 13.3. The van der Waals surface area contributed by atoms with Gasteiger partial charge in [0.1, 0.15) is 6.61 Å². The van der Waals surface area contributed by atoms with Crippen LogP contribution in [0.2, 0.25) is 0 Å². The lowest BCUT2D eigenvalue weighted by Gasteiger charge is -2.33. The molecule has 0 aromatic rings. The number of nitrogens with zero attached hydrogens (tertiary/aromatic N) is 2. The molecule has 0 aromatic heterocycles. The van der Waals surface area contributed by atoms with Crippen LogP contribution in [0.5, 0.6) is 0 Å². The number of likely N-dealkylation sites (tertiary alicyclic amines) is 1. The Kier molecular flexibility index (Phi) is 11.2. The fourth-order valence-corrected chi connectivity index (χ4v) is 2.19. The van der Waals surface area contributed by atoms with Gasteiger partial charge in [0.05, 0.1) is 0 Å². The Balaban J connectivity index is 0.00000441. The molecule has 1 heterocycles. The van der Waals surface area contributed by atoms with Crippen molar-refractivity contribution >= 4 is 29.9 Å². The number of rotatable bonds is 6. The number of guanidine groups is 1.